The van der Waals surface area contributed by atoms with Crippen molar-refractivity contribution in [2.75, 3.05) is 6.61 Å². The van der Waals surface area contributed by atoms with E-state index in [1.807, 2.05) is 31.2 Å². The molecule has 1 N–H and O–H groups in total. The van der Waals surface area contributed by atoms with Crippen LogP contribution in [0.4, 0.5) is 0 Å². The molecule has 1 atom stereocenters. The van der Waals surface area contributed by atoms with Crippen LogP contribution in [0.25, 0.3) is 0 Å². The molecule has 4 nitrogen and oxygen atoms in total. The monoisotopic (exact) mass is 249 g/mol. The highest BCUT2D eigenvalue weighted by atomic mass is 16.5. The average Bonchev–Trinajstić information content (AvgIpc) is 2.31. The van der Waals surface area contributed by atoms with Gasteiger partial charge in [0, 0.05) is 13.3 Å². The number of amides is 1. The van der Waals surface area contributed by atoms with E-state index >= 15 is 0 Å². The van der Waals surface area contributed by atoms with Crippen molar-refractivity contribution in [3.63, 3.8) is 0 Å². The zero-order chi connectivity index (χ0) is 13.5. The fourth-order valence-corrected chi connectivity index (χ4v) is 1.64. The summed E-state index contributed by atoms with van der Waals surface area (Å²) in [5, 5.41) is 2.61. The summed E-state index contributed by atoms with van der Waals surface area (Å²) >= 11 is 0. The molecular formula is C14H19NO3. The first kappa shape index (κ1) is 14.2. The standard InChI is InChI=1S/C14H19NO3/c1-4-18-14(17)13(15-11(3)16)9-12-7-5-10(2)6-8-12/h5-8,13H,4,9H2,1-3H3,(H,15,16)/t13-/m1/s1. The lowest BCUT2D eigenvalue weighted by Gasteiger charge is -2.16. The Morgan fingerprint density at radius 2 is 1.89 bits per heavy atom. The van der Waals surface area contributed by atoms with Crippen LogP contribution in [0.3, 0.4) is 0 Å². The van der Waals surface area contributed by atoms with Crippen LogP contribution in [0.1, 0.15) is 25.0 Å². The second-order valence-electron chi connectivity index (χ2n) is 4.19. The molecule has 4 heteroatoms. The van der Waals surface area contributed by atoms with Gasteiger partial charge in [-0.15, -0.1) is 0 Å². The molecule has 0 aliphatic heterocycles. The van der Waals surface area contributed by atoms with E-state index in [-0.39, 0.29) is 5.91 Å². The molecule has 1 aromatic rings. The molecule has 1 aromatic carbocycles. The number of rotatable bonds is 5. The minimum atomic E-state index is -0.620. The molecule has 0 heterocycles. The molecule has 0 aromatic heterocycles. The first-order valence-electron chi connectivity index (χ1n) is 6.02. The zero-order valence-electron chi connectivity index (χ0n) is 11.0. The topological polar surface area (TPSA) is 55.4 Å². The highest BCUT2D eigenvalue weighted by molar-refractivity contribution is 5.83. The molecule has 0 spiro atoms. The van der Waals surface area contributed by atoms with Crippen LogP contribution in [0.2, 0.25) is 0 Å². The molecule has 1 rings (SSSR count). The van der Waals surface area contributed by atoms with Gasteiger partial charge in [-0.1, -0.05) is 29.8 Å². The van der Waals surface area contributed by atoms with Gasteiger partial charge < -0.3 is 10.1 Å². The van der Waals surface area contributed by atoms with Crippen molar-refractivity contribution in [3.8, 4) is 0 Å². The number of hydrogen-bond donors (Lipinski definition) is 1. The van der Waals surface area contributed by atoms with Crippen molar-refractivity contribution in [1.82, 2.24) is 5.32 Å². The van der Waals surface area contributed by atoms with Crippen molar-refractivity contribution < 1.29 is 14.3 Å². The summed E-state index contributed by atoms with van der Waals surface area (Å²) in [7, 11) is 0. The Balaban J connectivity index is 2.74. The smallest absolute Gasteiger partial charge is 0.328 e. The SMILES string of the molecule is CCOC(=O)[C@@H](Cc1ccc(C)cc1)NC(C)=O. The molecule has 1 amide bonds. The third-order valence-electron chi connectivity index (χ3n) is 2.51. The minimum absolute atomic E-state index is 0.236. The van der Waals surface area contributed by atoms with E-state index in [9.17, 15) is 9.59 Å². The number of aryl methyl sites for hydroxylation is 1. The van der Waals surface area contributed by atoms with Crippen molar-refractivity contribution in [2.24, 2.45) is 0 Å². The van der Waals surface area contributed by atoms with Gasteiger partial charge in [0.2, 0.25) is 5.91 Å². The van der Waals surface area contributed by atoms with Crippen molar-refractivity contribution in [2.45, 2.75) is 33.2 Å². The zero-order valence-corrected chi connectivity index (χ0v) is 11.0. The normalized spacial score (nSPS) is 11.7. The molecule has 98 valence electrons. The molecule has 0 bridgehead atoms. The van der Waals surface area contributed by atoms with E-state index in [1.165, 1.54) is 6.92 Å². The van der Waals surface area contributed by atoms with Crippen LogP contribution >= 0.6 is 0 Å². The van der Waals surface area contributed by atoms with E-state index < -0.39 is 12.0 Å². The van der Waals surface area contributed by atoms with Gasteiger partial charge in [0.25, 0.3) is 0 Å². The summed E-state index contributed by atoms with van der Waals surface area (Å²) in [6.45, 7) is 5.44. The highest BCUT2D eigenvalue weighted by Gasteiger charge is 2.20. The number of carbonyl (C=O) groups is 2. The third kappa shape index (κ3) is 4.57. The first-order chi connectivity index (χ1) is 8.52. The summed E-state index contributed by atoms with van der Waals surface area (Å²) in [5.41, 5.74) is 2.15. The quantitative estimate of drug-likeness (QED) is 0.806. The maximum Gasteiger partial charge on any atom is 0.328 e. The van der Waals surface area contributed by atoms with Gasteiger partial charge in [0.15, 0.2) is 0 Å². The van der Waals surface area contributed by atoms with E-state index in [2.05, 4.69) is 5.32 Å². The highest BCUT2D eigenvalue weighted by Crippen LogP contribution is 2.07. The van der Waals surface area contributed by atoms with Crippen LogP contribution in [0.15, 0.2) is 24.3 Å². The summed E-state index contributed by atoms with van der Waals surface area (Å²) in [5.74, 6) is -0.631. The molecule has 0 unspecified atom stereocenters. The third-order valence-corrected chi connectivity index (χ3v) is 2.51. The van der Waals surface area contributed by atoms with Gasteiger partial charge in [-0.3, -0.25) is 4.79 Å². The maximum absolute atomic E-state index is 11.7. The van der Waals surface area contributed by atoms with Crippen molar-refractivity contribution in [1.29, 1.82) is 0 Å². The molecule has 18 heavy (non-hydrogen) atoms. The molecule has 0 aliphatic carbocycles. The van der Waals surface area contributed by atoms with E-state index in [0.717, 1.165) is 11.1 Å². The van der Waals surface area contributed by atoms with E-state index in [4.69, 9.17) is 4.74 Å². The van der Waals surface area contributed by atoms with Crippen LogP contribution in [-0.4, -0.2) is 24.5 Å². The Morgan fingerprint density at radius 1 is 1.28 bits per heavy atom. The number of ether oxygens (including phenoxy) is 1. The predicted molar refractivity (Wildman–Crippen MR) is 69.1 cm³/mol. The van der Waals surface area contributed by atoms with E-state index in [0.29, 0.717) is 13.0 Å². The fourth-order valence-electron chi connectivity index (χ4n) is 1.64. The van der Waals surface area contributed by atoms with Crippen LogP contribution in [0, 0.1) is 6.92 Å². The van der Waals surface area contributed by atoms with Crippen LogP contribution < -0.4 is 5.32 Å². The lowest BCUT2D eigenvalue weighted by atomic mass is 10.0. The number of esters is 1. The summed E-state index contributed by atoms with van der Waals surface area (Å²) in [6, 6.07) is 7.23. The van der Waals surface area contributed by atoms with E-state index in [1.54, 1.807) is 6.92 Å². The minimum Gasteiger partial charge on any atom is -0.464 e. The predicted octanol–water partition coefficient (Wildman–Crippen LogP) is 1.61. The lowest BCUT2D eigenvalue weighted by molar-refractivity contribution is -0.147. The Hall–Kier alpha value is -1.84. The molecule has 0 saturated carbocycles. The molecule has 0 radical (unpaired) electrons. The summed E-state index contributed by atoms with van der Waals surface area (Å²) in [6.07, 6.45) is 0.443. The van der Waals surface area contributed by atoms with Crippen molar-refractivity contribution >= 4 is 11.9 Å². The van der Waals surface area contributed by atoms with Crippen LogP contribution in [-0.2, 0) is 20.7 Å². The molecule has 0 aliphatic rings. The summed E-state index contributed by atoms with van der Waals surface area (Å²) in [4.78, 5) is 22.8. The van der Waals surface area contributed by atoms with Crippen molar-refractivity contribution in [3.05, 3.63) is 35.4 Å². The van der Waals surface area contributed by atoms with Gasteiger partial charge >= 0.3 is 5.97 Å². The van der Waals surface area contributed by atoms with Gasteiger partial charge in [0.05, 0.1) is 6.61 Å². The van der Waals surface area contributed by atoms with Gasteiger partial charge in [-0.2, -0.15) is 0 Å². The first-order valence-corrected chi connectivity index (χ1v) is 6.02. The molecule has 0 saturated heterocycles. The lowest BCUT2D eigenvalue weighted by Crippen LogP contribution is -2.42. The Labute approximate surface area is 107 Å². The van der Waals surface area contributed by atoms with Gasteiger partial charge in [0.1, 0.15) is 6.04 Å². The fraction of sp³-hybridized carbons (Fsp3) is 0.429. The van der Waals surface area contributed by atoms with Gasteiger partial charge in [-0.05, 0) is 19.4 Å². The Morgan fingerprint density at radius 3 is 2.39 bits per heavy atom. The van der Waals surface area contributed by atoms with Crippen LogP contribution in [0.5, 0.6) is 0 Å². The Bertz CT molecular complexity index is 412. The number of benzene rings is 1. The Kier molecular flexibility index (Phi) is 5.36. The average molecular weight is 249 g/mol. The molecular weight excluding hydrogens is 230 g/mol. The number of nitrogens with one attached hydrogen (secondary N) is 1. The second-order valence-corrected chi connectivity index (χ2v) is 4.19. The number of hydrogen-bond acceptors (Lipinski definition) is 3. The summed E-state index contributed by atoms with van der Waals surface area (Å²) < 4.78 is 4.95. The maximum atomic E-state index is 11.7. The van der Waals surface area contributed by atoms with Gasteiger partial charge in [-0.25, -0.2) is 4.79 Å². The number of carbonyl (C=O) groups excluding carboxylic acids is 2. The molecule has 0 fully saturated rings. The largest absolute Gasteiger partial charge is 0.464 e. The second kappa shape index (κ2) is 6.79.